The van der Waals surface area contributed by atoms with Gasteiger partial charge in [-0.1, -0.05) is 26.0 Å². The third-order valence-corrected chi connectivity index (χ3v) is 6.40. The Balaban J connectivity index is 1.88. The predicted octanol–water partition coefficient (Wildman–Crippen LogP) is 4.04. The molecule has 2 aromatic rings. The van der Waals surface area contributed by atoms with Gasteiger partial charge >= 0.3 is 5.97 Å². The molecule has 8 nitrogen and oxygen atoms in total. The molecule has 2 amide bonds. The van der Waals surface area contributed by atoms with E-state index in [0.717, 1.165) is 18.4 Å². The van der Waals surface area contributed by atoms with Crippen molar-refractivity contribution in [1.82, 2.24) is 5.32 Å². The van der Waals surface area contributed by atoms with Gasteiger partial charge in [0, 0.05) is 18.2 Å². The van der Waals surface area contributed by atoms with Crippen LogP contribution < -0.4 is 19.7 Å². The molecule has 2 atom stereocenters. The number of nitrogens with one attached hydrogen (secondary N) is 1. The van der Waals surface area contributed by atoms with E-state index in [0.29, 0.717) is 23.6 Å². The first-order chi connectivity index (χ1) is 16.9. The second-order valence-electron chi connectivity index (χ2n) is 8.51. The largest absolute Gasteiger partial charge is 0.497 e. The van der Waals surface area contributed by atoms with Crippen LogP contribution in [-0.4, -0.2) is 44.7 Å². The van der Waals surface area contributed by atoms with Crippen LogP contribution in [0.4, 0.5) is 5.69 Å². The third-order valence-electron chi connectivity index (χ3n) is 6.40. The standard InChI is InChI=1S/C27H34N2O6/c1-5-19(6-2)28-24(30)17-35-27(32)23-15-16-25(31)29(20-9-13-22(34-4)14-10-20)26(23)18-7-11-21(33-3)12-8-18/h7-14,19,23,26H,5-6,15-17H2,1-4H3,(H,28,30)/t23-,26-/m0/s1. The molecule has 3 rings (SSSR count). The van der Waals surface area contributed by atoms with Crippen molar-refractivity contribution >= 4 is 23.5 Å². The van der Waals surface area contributed by atoms with Crippen molar-refractivity contribution in [2.45, 2.75) is 51.6 Å². The molecule has 35 heavy (non-hydrogen) atoms. The van der Waals surface area contributed by atoms with E-state index in [4.69, 9.17) is 14.2 Å². The number of benzene rings is 2. The molecular formula is C27H34N2O6. The van der Waals surface area contributed by atoms with E-state index in [2.05, 4.69) is 5.32 Å². The smallest absolute Gasteiger partial charge is 0.311 e. The van der Waals surface area contributed by atoms with E-state index in [-0.39, 0.29) is 30.9 Å². The first-order valence-electron chi connectivity index (χ1n) is 12.0. The van der Waals surface area contributed by atoms with E-state index in [1.807, 2.05) is 26.0 Å². The van der Waals surface area contributed by atoms with Gasteiger partial charge in [-0.15, -0.1) is 0 Å². The fraction of sp³-hybridized carbons (Fsp3) is 0.444. The maximum absolute atomic E-state index is 13.2. The van der Waals surface area contributed by atoms with Crippen LogP contribution in [0.25, 0.3) is 0 Å². The van der Waals surface area contributed by atoms with E-state index < -0.39 is 17.9 Å². The van der Waals surface area contributed by atoms with Gasteiger partial charge < -0.3 is 24.4 Å². The summed E-state index contributed by atoms with van der Waals surface area (Å²) in [5, 5.41) is 2.88. The lowest BCUT2D eigenvalue weighted by atomic mass is 9.83. The molecule has 188 valence electrons. The van der Waals surface area contributed by atoms with Crippen molar-refractivity contribution in [2.24, 2.45) is 5.92 Å². The van der Waals surface area contributed by atoms with Gasteiger partial charge in [0.05, 0.1) is 26.2 Å². The van der Waals surface area contributed by atoms with Gasteiger partial charge in [-0.2, -0.15) is 0 Å². The topological polar surface area (TPSA) is 94.2 Å². The van der Waals surface area contributed by atoms with Crippen LogP contribution in [-0.2, 0) is 19.1 Å². The van der Waals surface area contributed by atoms with E-state index in [1.54, 1.807) is 55.5 Å². The Morgan fingerprint density at radius 3 is 2.09 bits per heavy atom. The number of anilines is 1. The number of nitrogens with zero attached hydrogens (tertiary/aromatic N) is 1. The zero-order valence-corrected chi connectivity index (χ0v) is 20.8. The van der Waals surface area contributed by atoms with Gasteiger partial charge in [-0.3, -0.25) is 14.4 Å². The van der Waals surface area contributed by atoms with Crippen LogP contribution >= 0.6 is 0 Å². The number of piperidine rings is 1. The summed E-state index contributed by atoms with van der Waals surface area (Å²) in [7, 11) is 3.16. The number of esters is 1. The minimum absolute atomic E-state index is 0.0473. The van der Waals surface area contributed by atoms with Crippen molar-refractivity contribution in [3.8, 4) is 11.5 Å². The highest BCUT2D eigenvalue weighted by molar-refractivity contribution is 5.97. The van der Waals surface area contributed by atoms with Gasteiger partial charge in [0.1, 0.15) is 11.5 Å². The normalized spacial score (nSPS) is 17.7. The first kappa shape index (κ1) is 26.1. The van der Waals surface area contributed by atoms with Gasteiger partial charge in [-0.05, 0) is 61.2 Å². The van der Waals surface area contributed by atoms with Crippen molar-refractivity contribution in [3.05, 3.63) is 54.1 Å². The van der Waals surface area contributed by atoms with E-state index in [9.17, 15) is 14.4 Å². The van der Waals surface area contributed by atoms with Crippen molar-refractivity contribution in [3.63, 3.8) is 0 Å². The Morgan fingerprint density at radius 2 is 1.54 bits per heavy atom. The van der Waals surface area contributed by atoms with Crippen LogP contribution in [0.2, 0.25) is 0 Å². The molecule has 0 aliphatic carbocycles. The highest BCUT2D eigenvalue weighted by Gasteiger charge is 2.42. The van der Waals surface area contributed by atoms with Crippen LogP contribution in [0, 0.1) is 5.92 Å². The van der Waals surface area contributed by atoms with Crippen LogP contribution in [0.1, 0.15) is 51.1 Å². The SMILES string of the molecule is CCC(CC)NC(=O)COC(=O)[C@H]1CCC(=O)N(c2ccc(OC)cc2)[C@H]1c1ccc(OC)cc1. The Kier molecular flexibility index (Phi) is 9.11. The van der Waals surface area contributed by atoms with Gasteiger partial charge in [0.15, 0.2) is 6.61 Å². The van der Waals surface area contributed by atoms with Crippen LogP contribution in [0.3, 0.4) is 0 Å². The zero-order chi connectivity index (χ0) is 25.4. The highest BCUT2D eigenvalue weighted by atomic mass is 16.5. The Labute approximate surface area is 206 Å². The summed E-state index contributed by atoms with van der Waals surface area (Å²) in [5.74, 6) is -0.221. The predicted molar refractivity (Wildman–Crippen MR) is 132 cm³/mol. The molecule has 0 aromatic heterocycles. The fourth-order valence-corrected chi connectivity index (χ4v) is 4.37. The third kappa shape index (κ3) is 6.32. The molecule has 1 fully saturated rings. The lowest BCUT2D eigenvalue weighted by Gasteiger charge is -2.40. The summed E-state index contributed by atoms with van der Waals surface area (Å²) < 4.78 is 16.0. The minimum Gasteiger partial charge on any atom is -0.497 e. The highest BCUT2D eigenvalue weighted by Crippen LogP contribution is 2.41. The molecule has 0 spiro atoms. The number of carbonyl (C=O) groups is 3. The maximum Gasteiger partial charge on any atom is 0.311 e. The lowest BCUT2D eigenvalue weighted by molar-refractivity contribution is -0.154. The average Bonchev–Trinajstić information content (AvgIpc) is 2.90. The first-order valence-corrected chi connectivity index (χ1v) is 12.0. The second kappa shape index (κ2) is 12.2. The number of ether oxygens (including phenoxy) is 3. The van der Waals surface area contributed by atoms with Crippen molar-refractivity contribution < 1.29 is 28.6 Å². The van der Waals surface area contributed by atoms with Crippen LogP contribution in [0.15, 0.2) is 48.5 Å². The maximum atomic E-state index is 13.2. The fourth-order valence-electron chi connectivity index (χ4n) is 4.37. The molecule has 1 N–H and O–H groups in total. The number of carbonyl (C=O) groups excluding carboxylic acids is 3. The molecule has 2 aromatic carbocycles. The second-order valence-corrected chi connectivity index (χ2v) is 8.51. The summed E-state index contributed by atoms with van der Waals surface area (Å²) in [5.41, 5.74) is 1.43. The molecule has 8 heteroatoms. The molecule has 0 bridgehead atoms. The molecular weight excluding hydrogens is 448 g/mol. The van der Waals surface area contributed by atoms with Crippen LogP contribution in [0.5, 0.6) is 11.5 Å². The number of hydrogen-bond donors (Lipinski definition) is 1. The summed E-state index contributed by atoms with van der Waals surface area (Å²) in [6.07, 6.45) is 2.13. The average molecular weight is 483 g/mol. The van der Waals surface area contributed by atoms with Crippen molar-refractivity contribution in [1.29, 1.82) is 0 Å². The molecule has 0 radical (unpaired) electrons. The van der Waals surface area contributed by atoms with E-state index >= 15 is 0 Å². The summed E-state index contributed by atoms with van der Waals surface area (Å²) >= 11 is 0. The Morgan fingerprint density at radius 1 is 0.971 bits per heavy atom. The Hall–Kier alpha value is -3.55. The monoisotopic (exact) mass is 482 g/mol. The molecule has 1 aliphatic heterocycles. The lowest BCUT2D eigenvalue weighted by Crippen LogP contribution is -2.46. The van der Waals surface area contributed by atoms with E-state index in [1.165, 1.54) is 0 Å². The van der Waals surface area contributed by atoms with Crippen molar-refractivity contribution in [2.75, 3.05) is 25.7 Å². The minimum atomic E-state index is -0.635. The number of amides is 2. The number of hydrogen-bond acceptors (Lipinski definition) is 6. The zero-order valence-electron chi connectivity index (χ0n) is 20.8. The summed E-state index contributed by atoms with van der Waals surface area (Å²) in [4.78, 5) is 40.3. The number of methoxy groups -OCH3 is 2. The summed E-state index contributed by atoms with van der Waals surface area (Å²) in [6.45, 7) is 3.64. The quantitative estimate of drug-likeness (QED) is 0.514. The molecule has 1 heterocycles. The van der Waals surface area contributed by atoms with Gasteiger partial charge in [0.2, 0.25) is 5.91 Å². The Bertz CT molecular complexity index is 1000. The van der Waals surface area contributed by atoms with Gasteiger partial charge in [0.25, 0.3) is 5.91 Å². The summed E-state index contributed by atoms with van der Waals surface area (Å²) in [6, 6.07) is 13.9. The van der Waals surface area contributed by atoms with Gasteiger partial charge in [-0.25, -0.2) is 0 Å². The molecule has 1 saturated heterocycles. The number of rotatable bonds is 10. The molecule has 1 aliphatic rings. The molecule has 0 unspecified atom stereocenters. The molecule has 0 saturated carbocycles.